The van der Waals surface area contributed by atoms with Gasteiger partial charge < -0.3 is 4.74 Å². The van der Waals surface area contributed by atoms with Crippen LogP contribution in [0.4, 0.5) is 0 Å². The number of rotatable bonds is 4. The van der Waals surface area contributed by atoms with Crippen LogP contribution in [-0.4, -0.2) is 17.3 Å². The number of methoxy groups -OCH3 is 1. The summed E-state index contributed by atoms with van der Waals surface area (Å²) in [4.78, 5) is 0. The zero-order valence-corrected chi connectivity index (χ0v) is 14.9. The fourth-order valence-corrected chi connectivity index (χ4v) is 3.22. The molecule has 1 N–H and O–H groups in total. The molecule has 1 aromatic heterocycles. The molecule has 3 aromatic carbocycles. The number of ether oxygens (including phenoxy) is 1. The standard InChI is InChI=1S/C23H20N2O/c1-16-19(9-6-10-23(16)26-2)18-12-14-22-20(15-18)21(24-25-22)13-11-17-7-4-3-5-8-17/h3-15H,1-2H3,(H,24,25)/b13-11+. The average Bonchev–Trinajstić information content (AvgIpc) is 3.09. The van der Waals surface area contributed by atoms with Gasteiger partial charge in [0.2, 0.25) is 0 Å². The molecule has 0 saturated carbocycles. The van der Waals surface area contributed by atoms with Crippen LogP contribution in [-0.2, 0) is 0 Å². The lowest BCUT2D eigenvalue weighted by molar-refractivity contribution is 0.412. The lowest BCUT2D eigenvalue weighted by atomic mass is 9.98. The summed E-state index contributed by atoms with van der Waals surface area (Å²) in [5.41, 5.74) is 6.59. The first kappa shape index (κ1) is 16.2. The number of nitrogens with one attached hydrogen (secondary N) is 1. The van der Waals surface area contributed by atoms with Crippen LogP contribution < -0.4 is 4.74 Å². The molecule has 0 unspecified atom stereocenters. The van der Waals surface area contributed by atoms with Crippen molar-refractivity contribution in [3.05, 3.63) is 83.6 Å². The summed E-state index contributed by atoms with van der Waals surface area (Å²) in [6, 6.07) is 22.8. The molecule has 26 heavy (non-hydrogen) atoms. The molecule has 3 nitrogen and oxygen atoms in total. The zero-order valence-electron chi connectivity index (χ0n) is 14.9. The highest BCUT2D eigenvalue weighted by atomic mass is 16.5. The van der Waals surface area contributed by atoms with Crippen molar-refractivity contribution in [2.75, 3.05) is 7.11 Å². The molecule has 0 saturated heterocycles. The molecule has 128 valence electrons. The number of fused-ring (bicyclic) bond motifs is 1. The van der Waals surface area contributed by atoms with E-state index in [4.69, 9.17) is 4.74 Å². The zero-order chi connectivity index (χ0) is 17.9. The number of benzene rings is 3. The van der Waals surface area contributed by atoms with Crippen LogP contribution in [0.25, 0.3) is 34.2 Å². The largest absolute Gasteiger partial charge is 0.496 e. The first-order valence-electron chi connectivity index (χ1n) is 8.61. The minimum Gasteiger partial charge on any atom is -0.496 e. The minimum atomic E-state index is 0.902. The van der Waals surface area contributed by atoms with Crippen molar-refractivity contribution in [3.63, 3.8) is 0 Å². The smallest absolute Gasteiger partial charge is 0.122 e. The van der Waals surface area contributed by atoms with Gasteiger partial charge in [0.15, 0.2) is 0 Å². The van der Waals surface area contributed by atoms with E-state index in [1.165, 1.54) is 5.56 Å². The summed E-state index contributed by atoms with van der Waals surface area (Å²) in [5.74, 6) is 0.902. The van der Waals surface area contributed by atoms with E-state index in [0.29, 0.717) is 0 Å². The number of hydrogen-bond acceptors (Lipinski definition) is 2. The van der Waals surface area contributed by atoms with Gasteiger partial charge in [-0.3, -0.25) is 5.10 Å². The fraction of sp³-hybridized carbons (Fsp3) is 0.0870. The van der Waals surface area contributed by atoms with Gasteiger partial charge in [-0.1, -0.05) is 54.6 Å². The predicted molar refractivity (Wildman–Crippen MR) is 108 cm³/mol. The predicted octanol–water partition coefficient (Wildman–Crippen LogP) is 5.72. The van der Waals surface area contributed by atoms with Crippen LogP contribution in [0.2, 0.25) is 0 Å². The van der Waals surface area contributed by atoms with Crippen LogP contribution >= 0.6 is 0 Å². The van der Waals surface area contributed by atoms with E-state index in [-0.39, 0.29) is 0 Å². The Bertz CT molecular complexity index is 1080. The lowest BCUT2D eigenvalue weighted by Crippen LogP contribution is -1.90. The third-order valence-corrected chi connectivity index (χ3v) is 4.64. The normalized spacial score (nSPS) is 11.3. The maximum Gasteiger partial charge on any atom is 0.122 e. The van der Waals surface area contributed by atoms with Crippen molar-refractivity contribution in [1.29, 1.82) is 0 Å². The Kier molecular flexibility index (Phi) is 4.28. The van der Waals surface area contributed by atoms with E-state index in [9.17, 15) is 0 Å². The second-order valence-electron chi connectivity index (χ2n) is 6.25. The molecule has 0 amide bonds. The van der Waals surface area contributed by atoms with E-state index in [1.807, 2.05) is 30.3 Å². The number of aromatic amines is 1. The molecule has 0 bridgehead atoms. The van der Waals surface area contributed by atoms with Crippen LogP contribution in [0.5, 0.6) is 5.75 Å². The summed E-state index contributed by atoms with van der Waals surface area (Å²) >= 11 is 0. The molecule has 3 heteroatoms. The van der Waals surface area contributed by atoms with Crippen LogP contribution in [0.3, 0.4) is 0 Å². The molecule has 4 aromatic rings. The van der Waals surface area contributed by atoms with E-state index in [2.05, 4.69) is 65.7 Å². The second kappa shape index (κ2) is 6.89. The summed E-state index contributed by atoms with van der Waals surface area (Å²) < 4.78 is 5.46. The molecule has 0 fully saturated rings. The lowest BCUT2D eigenvalue weighted by Gasteiger charge is -2.10. The van der Waals surface area contributed by atoms with E-state index in [0.717, 1.165) is 39.0 Å². The molecular weight excluding hydrogens is 320 g/mol. The number of H-pyrrole nitrogens is 1. The third kappa shape index (κ3) is 3.00. The van der Waals surface area contributed by atoms with Crippen molar-refractivity contribution >= 4 is 23.1 Å². The fourth-order valence-electron chi connectivity index (χ4n) is 3.22. The topological polar surface area (TPSA) is 37.9 Å². The average molecular weight is 340 g/mol. The molecule has 0 aliphatic heterocycles. The Balaban J connectivity index is 1.77. The number of nitrogens with zero attached hydrogens (tertiary/aromatic N) is 1. The number of hydrogen-bond donors (Lipinski definition) is 1. The van der Waals surface area contributed by atoms with Gasteiger partial charge in [-0.15, -0.1) is 0 Å². The van der Waals surface area contributed by atoms with Gasteiger partial charge >= 0.3 is 0 Å². The molecule has 4 rings (SSSR count). The molecule has 0 aliphatic rings. The Morgan fingerprint density at radius 3 is 2.58 bits per heavy atom. The van der Waals surface area contributed by atoms with Crippen molar-refractivity contribution in [2.24, 2.45) is 0 Å². The maximum absolute atomic E-state index is 5.46. The Labute approximate surface area is 153 Å². The molecule has 0 atom stereocenters. The van der Waals surface area contributed by atoms with Gasteiger partial charge in [0, 0.05) is 5.39 Å². The van der Waals surface area contributed by atoms with Crippen LogP contribution in [0.15, 0.2) is 66.7 Å². The highest BCUT2D eigenvalue weighted by Gasteiger charge is 2.09. The minimum absolute atomic E-state index is 0.902. The van der Waals surface area contributed by atoms with E-state index >= 15 is 0 Å². The first-order valence-corrected chi connectivity index (χ1v) is 8.61. The van der Waals surface area contributed by atoms with Crippen molar-refractivity contribution in [3.8, 4) is 16.9 Å². The van der Waals surface area contributed by atoms with E-state index < -0.39 is 0 Å². The summed E-state index contributed by atoms with van der Waals surface area (Å²) in [7, 11) is 1.71. The van der Waals surface area contributed by atoms with Gasteiger partial charge in [-0.05, 0) is 53.5 Å². The monoisotopic (exact) mass is 340 g/mol. The molecular formula is C23H20N2O. The Morgan fingerprint density at radius 1 is 0.923 bits per heavy atom. The SMILES string of the molecule is COc1cccc(-c2ccc3[nH]nc(/C=C/c4ccccc4)c3c2)c1C. The maximum atomic E-state index is 5.46. The van der Waals surface area contributed by atoms with Gasteiger partial charge in [0.05, 0.1) is 18.3 Å². The van der Waals surface area contributed by atoms with Crippen molar-refractivity contribution in [2.45, 2.75) is 6.92 Å². The van der Waals surface area contributed by atoms with Gasteiger partial charge in [0.1, 0.15) is 5.75 Å². The Hall–Kier alpha value is -3.33. The molecule has 0 spiro atoms. The second-order valence-corrected chi connectivity index (χ2v) is 6.25. The molecule has 0 aliphatic carbocycles. The van der Waals surface area contributed by atoms with Crippen LogP contribution in [0.1, 0.15) is 16.8 Å². The highest BCUT2D eigenvalue weighted by Crippen LogP contribution is 2.32. The third-order valence-electron chi connectivity index (χ3n) is 4.64. The molecule has 1 heterocycles. The Morgan fingerprint density at radius 2 is 1.77 bits per heavy atom. The number of aromatic nitrogens is 2. The molecule has 0 radical (unpaired) electrons. The van der Waals surface area contributed by atoms with Gasteiger partial charge in [-0.25, -0.2) is 0 Å². The highest BCUT2D eigenvalue weighted by molar-refractivity contribution is 5.92. The van der Waals surface area contributed by atoms with E-state index in [1.54, 1.807) is 7.11 Å². The first-order chi connectivity index (χ1) is 12.8. The van der Waals surface area contributed by atoms with Gasteiger partial charge in [-0.2, -0.15) is 5.10 Å². The quantitative estimate of drug-likeness (QED) is 0.516. The summed E-state index contributed by atoms with van der Waals surface area (Å²) in [5, 5.41) is 8.69. The van der Waals surface area contributed by atoms with Gasteiger partial charge in [0.25, 0.3) is 0 Å². The summed E-state index contributed by atoms with van der Waals surface area (Å²) in [6.07, 6.45) is 4.13. The summed E-state index contributed by atoms with van der Waals surface area (Å²) in [6.45, 7) is 2.09. The van der Waals surface area contributed by atoms with Crippen LogP contribution in [0, 0.1) is 6.92 Å². The van der Waals surface area contributed by atoms with Crippen molar-refractivity contribution < 1.29 is 4.74 Å². The van der Waals surface area contributed by atoms with Crippen molar-refractivity contribution in [1.82, 2.24) is 10.2 Å².